The van der Waals surface area contributed by atoms with Gasteiger partial charge in [0.05, 0.1) is 6.04 Å². The standard InChI is InChI=1S/C14H20N4O2/c19-13-8-7-12(17-18-13)16-14(20)11-6-5-9-3-1-2-4-10(9)15-11/h7-11,15H,1-6H2,(H,18,19)(H,16,17,20). The zero-order chi connectivity index (χ0) is 13.9. The Balaban J connectivity index is 1.60. The Morgan fingerprint density at radius 3 is 2.85 bits per heavy atom. The van der Waals surface area contributed by atoms with Gasteiger partial charge >= 0.3 is 0 Å². The van der Waals surface area contributed by atoms with E-state index in [1.165, 1.54) is 37.8 Å². The summed E-state index contributed by atoms with van der Waals surface area (Å²) in [4.78, 5) is 23.1. The minimum atomic E-state index is -0.274. The summed E-state index contributed by atoms with van der Waals surface area (Å²) in [5, 5.41) is 12.3. The van der Waals surface area contributed by atoms with E-state index >= 15 is 0 Å². The van der Waals surface area contributed by atoms with E-state index in [1.54, 1.807) is 0 Å². The molecular formula is C14H20N4O2. The molecule has 2 aliphatic rings. The molecule has 0 aromatic carbocycles. The summed E-state index contributed by atoms with van der Waals surface area (Å²) in [7, 11) is 0. The number of anilines is 1. The Labute approximate surface area is 117 Å². The molecule has 0 bridgehead atoms. The van der Waals surface area contributed by atoms with Crippen LogP contribution in [0.4, 0.5) is 5.82 Å². The van der Waals surface area contributed by atoms with Gasteiger partial charge in [0.1, 0.15) is 0 Å². The molecule has 108 valence electrons. The molecule has 1 saturated heterocycles. The van der Waals surface area contributed by atoms with Crippen LogP contribution in [-0.4, -0.2) is 28.2 Å². The zero-order valence-electron chi connectivity index (χ0n) is 11.4. The summed E-state index contributed by atoms with van der Waals surface area (Å²) >= 11 is 0. The smallest absolute Gasteiger partial charge is 0.264 e. The third-order valence-electron chi connectivity index (χ3n) is 4.40. The number of aromatic amines is 1. The first-order chi connectivity index (χ1) is 9.72. The van der Waals surface area contributed by atoms with Crippen molar-refractivity contribution in [1.29, 1.82) is 0 Å². The third-order valence-corrected chi connectivity index (χ3v) is 4.40. The number of carbonyl (C=O) groups excluding carboxylic acids is 1. The summed E-state index contributed by atoms with van der Waals surface area (Å²) in [5.74, 6) is 1.06. The van der Waals surface area contributed by atoms with Gasteiger partial charge in [0, 0.05) is 12.1 Å². The SMILES string of the molecule is O=C(Nc1ccc(=O)[nH]n1)C1CCC2CCCCC2N1. The minimum Gasteiger partial charge on any atom is -0.308 e. The first-order valence-electron chi connectivity index (χ1n) is 7.35. The normalized spacial score (nSPS) is 29.5. The van der Waals surface area contributed by atoms with Crippen LogP contribution in [0.3, 0.4) is 0 Å². The maximum Gasteiger partial charge on any atom is 0.264 e. The van der Waals surface area contributed by atoms with E-state index in [0.29, 0.717) is 11.9 Å². The van der Waals surface area contributed by atoms with E-state index in [0.717, 1.165) is 18.8 Å². The van der Waals surface area contributed by atoms with Crippen LogP contribution in [0.15, 0.2) is 16.9 Å². The largest absolute Gasteiger partial charge is 0.308 e. The Kier molecular flexibility index (Phi) is 3.82. The maximum absolute atomic E-state index is 12.2. The Hall–Kier alpha value is -1.69. The summed E-state index contributed by atoms with van der Waals surface area (Å²) in [6.45, 7) is 0. The van der Waals surface area contributed by atoms with Gasteiger partial charge in [0.2, 0.25) is 5.91 Å². The number of aromatic nitrogens is 2. The molecule has 3 atom stereocenters. The van der Waals surface area contributed by atoms with Crippen LogP contribution in [0.1, 0.15) is 38.5 Å². The molecule has 6 nitrogen and oxygen atoms in total. The first-order valence-corrected chi connectivity index (χ1v) is 7.35. The van der Waals surface area contributed by atoms with Crippen LogP contribution in [0, 0.1) is 5.92 Å². The van der Waals surface area contributed by atoms with Crippen LogP contribution in [0.2, 0.25) is 0 Å². The first kappa shape index (κ1) is 13.3. The maximum atomic E-state index is 12.2. The fourth-order valence-electron chi connectivity index (χ4n) is 3.33. The lowest BCUT2D eigenvalue weighted by molar-refractivity contribution is -0.119. The summed E-state index contributed by atoms with van der Waals surface area (Å²) in [6.07, 6.45) is 7.02. The fraction of sp³-hybridized carbons (Fsp3) is 0.643. The molecule has 0 radical (unpaired) electrons. The van der Waals surface area contributed by atoms with E-state index in [1.807, 2.05) is 0 Å². The number of hydrogen-bond acceptors (Lipinski definition) is 4. The Morgan fingerprint density at radius 1 is 1.20 bits per heavy atom. The van der Waals surface area contributed by atoms with Gasteiger partial charge in [-0.05, 0) is 37.7 Å². The summed E-state index contributed by atoms with van der Waals surface area (Å²) in [6, 6.07) is 3.21. The average Bonchev–Trinajstić information content (AvgIpc) is 2.49. The van der Waals surface area contributed by atoms with Crippen molar-refractivity contribution >= 4 is 11.7 Å². The third kappa shape index (κ3) is 2.90. The molecule has 3 rings (SSSR count). The lowest BCUT2D eigenvalue weighted by atomic mass is 9.77. The van der Waals surface area contributed by atoms with Crippen LogP contribution in [-0.2, 0) is 4.79 Å². The van der Waals surface area contributed by atoms with Gasteiger partial charge in [-0.1, -0.05) is 12.8 Å². The number of hydrogen-bond donors (Lipinski definition) is 3. The number of carbonyl (C=O) groups is 1. The fourth-order valence-corrected chi connectivity index (χ4v) is 3.33. The van der Waals surface area contributed by atoms with E-state index in [-0.39, 0.29) is 17.5 Å². The van der Waals surface area contributed by atoms with Gasteiger partial charge in [-0.3, -0.25) is 9.59 Å². The number of piperidine rings is 1. The highest BCUT2D eigenvalue weighted by molar-refractivity contribution is 5.94. The van der Waals surface area contributed by atoms with Crippen molar-refractivity contribution in [1.82, 2.24) is 15.5 Å². The lowest BCUT2D eigenvalue weighted by Gasteiger charge is -2.39. The molecule has 3 N–H and O–H groups in total. The molecule has 0 spiro atoms. The van der Waals surface area contributed by atoms with Gasteiger partial charge in [0.25, 0.3) is 5.56 Å². The van der Waals surface area contributed by atoms with Gasteiger partial charge in [0.15, 0.2) is 5.82 Å². The zero-order valence-corrected chi connectivity index (χ0v) is 11.4. The molecule has 2 fully saturated rings. The number of amides is 1. The molecule has 1 saturated carbocycles. The van der Waals surface area contributed by atoms with Crippen molar-refractivity contribution < 1.29 is 4.79 Å². The number of nitrogens with one attached hydrogen (secondary N) is 3. The van der Waals surface area contributed by atoms with E-state index in [4.69, 9.17) is 0 Å². The van der Waals surface area contributed by atoms with Gasteiger partial charge in [-0.25, -0.2) is 5.10 Å². The Bertz CT molecular complexity index is 522. The molecule has 1 aromatic heterocycles. The molecule has 1 aliphatic carbocycles. The monoisotopic (exact) mass is 276 g/mol. The van der Waals surface area contributed by atoms with Crippen LogP contribution < -0.4 is 16.2 Å². The predicted octanol–water partition coefficient (Wildman–Crippen LogP) is 1.02. The van der Waals surface area contributed by atoms with Crippen molar-refractivity contribution in [2.75, 3.05) is 5.32 Å². The summed E-state index contributed by atoms with van der Waals surface area (Å²) in [5.41, 5.74) is -0.274. The van der Waals surface area contributed by atoms with Gasteiger partial charge < -0.3 is 10.6 Å². The van der Waals surface area contributed by atoms with Crippen molar-refractivity contribution in [3.8, 4) is 0 Å². The van der Waals surface area contributed by atoms with Crippen LogP contribution in [0.5, 0.6) is 0 Å². The quantitative estimate of drug-likeness (QED) is 0.752. The molecule has 2 heterocycles. The molecule has 1 aromatic rings. The number of rotatable bonds is 2. The highest BCUT2D eigenvalue weighted by atomic mass is 16.2. The van der Waals surface area contributed by atoms with E-state index < -0.39 is 0 Å². The van der Waals surface area contributed by atoms with Crippen LogP contribution >= 0.6 is 0 Å². The minimum absolute atomic E-state index is 0.0615. The number of H-pyrrole nitrogens is 1. The van der Waals surface area contributed by atoms with Crippen molar-refractivity contribution in [3.05, 3.63) is 22.5 Å². The van der Waals surface area contributed by atoms with Crippen LogP contribution in [0.25, 0.3) is 0 Å². The predicted molar refractivity (Wildman–Crippen MR) is 75.4 cm³/mol. The second kappa shape index (κ2) is 5.75. The van der Waals surface area contributed by atoms with Gasteiger partial charge in [-0.2, -0.15) is 5.10 Å². The Morgan fingerprint density at radius 2 is 2.05 bits per heavy atom. The van der Waals surface area contributed by atoms with E-state index in [9.17, 15) is 9.59 Å². The van der Waals surface area contributed by atoms with Crippen molar-refractivity contribution in [2.45, 2.75) is 50.6 Å². The second-order valence-electron chi connectivity index (χ2n) is 5.74. The lowest BCUT2D eigenvalue weighted by Crippen LogP contribution is -2.53. The average molecular weight is 276 g/mol. The topological polar surface area (TPSA) is 86.9 Å². The van der Waals surface area contributed by atoms with Crippen molar-refractivity contribution in [3.63, 3.8) is 0 Å². The molecule has 3 unspecified atom stereocenters. The van der Waals surface area contributed by atoms with Gasteiger partial charge in [-0.15, -0.1) is 0 Å². The van der Waals surface area contributed by atoms with Crippen molar-refractivity contribution in [2.24, 2.45) is 5.92 Å². The molecule has 1 aliphatic heterocycles. The number of nitrogens with zero attached hydrogens (tertiary/aromatic N) is 1. The van der Waals surface area contributed by atoms with E-state index in [2.05, 4.69) is 20.8 Å². The molecule has 6 heteroatoms. The molecular weight excluding hydrogens is 256 g/mol. The molecule has 20 heavy (non-hydrogen) atoms. The highest BCUT2D eigenvalue weighted by Crippen LogP contribution is 2.32. The highest BCUT2D eigenvalue weighted by Gasteiger charge is 2.34. The second-order valence-corrected chi connectivity index (χ2v) is 5.74. The number of fused-ring (bicyclic) bond motifs is 1. The summed E-state index contributed by atoms with van der Waals surface area (Å²) < 4.78 is 0. The molecule has 1 amide bonds.